The van der Waals surface area contributed by atoms with Crippen molar-refractivity contribution in [2.75, 3.05) is 12.3 Å². The fraction of sp³-hybridized carbons (Fsp3) is 0.222. The molecule has 7 nitrogen and oxygen atoms in total. The van der Waals surface area contributed by atoms with Gasteiger partial charge < -0.3 is 5.32 Å². The molecule has 12 heteroatoms. The van der Waals surface area contributed by atoms with E-state index >= 15 is 0 Å². The third-order valence-electron chi connectivity index (χ3n) is 3.68. The number of carbonyl (C=O) groups is 2. The van der Waals surface area contributed by atoms with Crippen LogP contribution in [-0.4, -0.2) is 45.2 Å². The van der Waals surface area contributed by atoms with Crippen molar-refractivity contribution in [3.63, 3.8) is 0 Å². The molecule has 0 fully saturated rings. The number of thiophene rings is 1. The molecule has 30 heavy (non-hydrogen) atoms. The highest BCUT2D eigenvalue weighted by Gasteiger charge is 2.28. The van der Waals surface area contributed by atoms with Crippen LogP contribution < -0.4 is 10.6 Å². The summed E-state index contributed by atoms with van der Waals surface area (Å²) in [6.07, 6.45) is -4.55. The molecule has 158 valence electrons. The first-order valence-electron chi connectivity index (χ1n) is 8.60. The number of amides is 3. The number of halogens is 3. The predicted octanol–water partition coefficient (Wildman–Crippen LogP) is 3.54. The van der Waals surface area contributed by atoms with E-state index in [4.69, 9.17) is 0 Å². The third kappa shape index (κ3) is 6.32. The van der Waals surface area contributed by atoms with E-state index in [0.717, 1.165) is 22.2 Å². The van der Waals surface area contributed by atoms with Gasteiger partial charge in [0.05, 0.1) is 17.2 Å². The number of urea groups is 1. The molecule has 3 aromatic rings. The topological polar surface area (TPSA) is 88.9 Å². The number of imide groups is 1. The lowest BCUT2D eigenvalue weighted by molar-refractivity contribution is -0.124. The molecule has 0 aliphatic rings. The molecule has 0 unspecified atom stereocenters. The van der Waals surface area contributed by atoms with Gasteiger partial charge >= 0.3 is 12.2 Å². The summed E-state index contributed by atoms with van der Waals surface area (Å²) in [6.45, 7) is -1.05. The first-order valence-corrected chi connectivity index (χ1v) is 10.5. The smallest absolute Gasteiger partial charge is 0.329 e. The van der Waals surface area contributed by atoms with Crippen molar-refractivity contribution in [3.05, 3.63) is 53.4 Å². The van der Waals surface area contributed by atoms with Gasteiger partial charge in [0.25, 0.3) is 0 Å². The average molecular weight is 455 g/mol. The maximum absolute atomic E-state index is 12.1. The number of hydrogen-bond acceptors (Lipinski definition) is 6. The third-order valence-corrected chi connectivity index (χ3v) is 5.51. The number of thioether (sulfide) groups is 1. The van der Waals surface area contributed by atoms with Crippen LogP contribution in [0.5, 0.6) is 0 Å². The van der Waals surface area contributed by atoms with Crippen LogP contribution in [0.25, 0.3) is 10.7 Å². The zero-order valence-corrected chi connectivity index (χ0v) is 17.0. The van der Waals surface area contributed by atoms with Crippen molar-refractivity contribution < 1.29 is 22.8 Å². The molecule has 1 aromatic carbocycles. The van der Waals surface area contributed by atoms with Gasteiger partial charge in [0.1, 0.15) is 6.54 Å². The van der Waals surface area contributed by atoms with E-state index in [1.54, 1.807) is 5.32 Å². The lowest BCUT2D eigenvalue weighted by atomic mass is 10.2. The number of nitrogens with one attached hydrogen (secondary N) is 2. The number of aromatic nitrogens is 3. The van der Waals surface area contributed by atoms with Crippen molar-refractivity contribution >= 4 is 35.0 Å². The summed E-state index contributed by atoms with van der Waals surface area (Å²) >= 11 is 2.54. The van der Waals surface area contributed by atoms with E-state index in [0.29, 0.717) is 17.5 Å². The molecule has 0 bridgehead atoms. The molecule has 2 aromatic heterocycles. The second kappa shape index (κ2) is 9.76. The van der Waals surface area contributed by atoms with Gasteiger partial charge in [-0.1, -0.05) is 48.2 Å². The van der Waals surface area contributed by atoms with Crippen LogP contribution in [0, 0.1) is 0 Å². The van der Waals surface area contributed by atoms with Crippen molar-refractivity contribution in [1.82, 2.24) is 25.4 Å². The van der Waals surface area contributed by atoms with Crippen LogP contribution in [0.3, 0.4) is 0 Å². The maximum Gasteiger partial charge on any atom is 0.405 e. The quantitative estimate of drug-likeness (QED) is 0.532. The molecule has 2 N–H and O–H groups in total. The van der Waals surface area contributed by atoms with Crippen LogP contribution in [-0.2, 0) is 11.3 Å². The van der Waals surface area contributed by atoms with Gasteiger partial charge in [-0.05, 0) is 17.0 Å². The van der Waals surface area contributed by atoms with Crippen molar-refractivity contribution in [1.29, 1.82) is 0 Å². The molecule has 2 heterocycles. The number of hydrogen-bond donors (Lipinski definition) is 2. The Labute approximate surface area is 177 Å². The number of rotatable bonds is 7. The van der Waals surface area contributed by atoms with Gasteiger partial charge in [-0.25, -0.2) is 4.79 Å². The Balaban J connectivity index is 1.67. The zero-order valence-electron chi connectivity index (χ0n) is 15.3. The van der Waals surface area contributed by atoms with Crippen molar-refractivity contribution in [3.8, 4) is 10.7 Å². The van der Waals surface area contributed by atoms with Crippen LogP contribution in [0.2, 0.25) is 0 Å². The minimum Gasteiger partial charge on any atom is -0.329 e. The minimum absolute atomic E-state index is 0.212. The maximum atomic E-state index is 12.1. The fourth-order valence-electron chi connectivity index (χ4n) is 2.41. The van der Waals surface area contributed by atoms with Gasteiger partial charge in [0.2, 0.25) is 5.91 Å². The monoisotopic (exact) mass is 455 g/mol. The van der Waals surface area contributed by atoms with Gasteiger partial charge in [-0.15, -0.1) is 21.5 Å². The Morgan fingerprint density at radius 1 is 1.10 bits per heavy atom. The van der Waals surface area contributed by atoms with E-state index in [1.807, 2.05) is 57.7 Å². The summed E-state index contributed by atoms with van der Waals surface area (Å²) in [6, 6.07) is 12.2. The van der Waals surface area contributed by atoms with Crippen LogP contribution in [0.4, 0.5) is 18.0 Å². The molecule has 3 rings (SSSR count). The Morgan fingerprint density at radius 2 is 1.87 bits per heavy atom. The number of nitrogens with zero attached hydrogens (tertiary/aromatic N) is 3. The summed E-state index contributed by atoms with van der Waals surface area (Å²) in [5.74, 6) is -0.317. The highest BCUT2D eigenvalue weighted by molar-refractivity contribution is 7.99. The Morgan fingerprint density at radius 3 is 2.53 bits per heavy atom. The summed E-state index contributed by atoms with van der Waals surface area (Å²) in [5, 5.41) is 14.2. The molecular weight excluding hydrogens is 439 g/mol. The van der Waals surface area contributed by atoms with E-state index in [1.165, 1.54) is 11.3 Å². The number of carbonyl (C=O) groups excluding carboxylic acids is 2. The highest BCUT2D eigenvalue weighted by atomic mass is 32.2. The van der Waals surface area contributed by atoms with E-state index < -0.39 is 24.7 Å². The molecule has 0 saturated carbocycles. The molecule has 0 radical (unpaired) electrons. The molecule has 0 saturated heterocycles. The molecule has 0 atom stereocenters. The van der Waals surface area contributed by atoms with Crippen molar-refractivity contribution in [2.45, 2.75) is 17.9 Å². The van der Waals surface area contributed by atoms with Crippen LogP contribution >= 0.6 is 23.1 Å². The molecule has 0 spiro atoms. The average Bonchev–Trinajstić information content (AvgIpc) is 3.35. The number of benzene rings is 1. The van der Waals surface area contributed by atoms with Crippen molar-refractivity contribution in [2.24, 2.45) is 0 Å². The van der Waals surface area contributed by atoms with E-state index in [-0.39, 0.29) is 5.75 Å². The molecule has 3 amide bonds. The Hall–Kier alpha value is -2.86. The van der Waals surface area contributed by atoms with Gasteiger partial charge in [-0.2, -0.15) is 13.2 Å². The number of alkyl halides is 3. The van der Waals surface area contributed by atoms with E-state index in [2.05, 4.69) is 10.2 Å². The SMILES string of the molecule is O=C(CSc1nnc(-c2cccs2)n1Cc1ccccc1)NC(=O)NCC(F)(F)F. The lowest BCUT2D eigenvalue weighted by Gasteiger charge is -2.10. The van der Waals surface area contributed by atoms with Gasteiger partial charge in [0.15, 0.2) is 11.0 Å². The van der Waals surface area contributed by atoms with Gasteiger partial charge in [-0.3, -0.25) is 14.7 Å². The normalized spacial score (nSPS) is 11.3. The first-order chi connectivity index (χ1) is 14.3. The lowest BCUT2D eigenvalue weighted by Crippen LogP contribution is -2.43. The second-order valence-electron chi connectivity index (χ2n) is 5.99. The summed E-state index contributed by atoms with van der Waals surface area (Å²) < 4.78 is 38.2. The van der Waals surface area contributed by atoms with Crippen LogP contribution in [0.15, 0.2) is 53.0 Å². The molecular formula is C18H16F3N5O2S2. The fourth-order valence-corrected chi connectivity index (χ4v) is 3.86. The Kier molecular flexibility index (Phi) is 7.11. The summed E-state index contributed by atoms with van der Waals surface area (Å²) in [7, 11) is 0. The summed E-state index contributed by atoms with van der Waals surface area (Å²) in [4.78, 5) is 24.2. The minimum atomic E-state index is -4.55. The highest BCUT2D eigenvalue weighted by Crippen LogP contribution is 2.28. The summed E-state index contributed by atoms with van der Waals surface area (Å²) in [5.41, 5.74) is 1.01. The largest absolute Gasteiger partial charge is 0.405 e. The van der Waals surface area contributed by atoms with Crippen LogP contribution in [0.1, 0.15) is 5.56 Å². The van der Waals surface area contributed by atoms with Gasteiger partial charge in [0, 0.05) is 0 Å². The van der Waals surface area contributed by atoms with E-state index in [9.17, 15) is 22.8 Å². The molecule has 0 aliphatic heterocycles. The molecule has 0 aliphatic carbocycles. The zero-order chi connectivity index (χ0) is 21.6. The predicted molar refractivity (Wildman–Crippen MR) is 107 cm³/mol. The standard InChI is InChI=1S/C18H16F3N5O2S2/c19-18(20,21)11-22-16(28)23-14(27)10-30-17-25-24-15(13-7-4-8-29-13)26(17)9-12-5-2-1-3-6-12/h1-8H,9-11H2,(H2,22,23,27,28). The first kappa shape index (κ1) is 21.8. The second-order valence-corrected chi connectivity index (χ2v) is 7.88. The Bertz CT molecular complexity index is 991.